The molecule has 156 valence electrons. The molecule has 5 nitrogen and oxygen atoms in total. The second kappa shape index (κ2) is 8.38. The Morgan fingerprint density at radius 3 is 2.21 bits per heavy atom. The van der Waals surface area contributed by atoms with E-state index in [2.05, 4.69) is 5.32 Å². The summed E-state index contributed by atoms with van der Waals surface area (Å²) in [6.45, 7) is 3.79. The van der Waals surface area contributed by atoms with Crippen LogP contribution in [0.4, 0.5) is 14.5 Å². The third kappa shape index (κ3) is 4.44. The first-order chi connectivity index (χ1) is 13.6. The van der Waals surface area contributed by atoms with Gasteiger partial charge in [0.25, 0.3) is 5.91 Å². The number of hydrogen-bond donors (Lipinski definition) is 1. The molecule has 0 aliphatic carbocycles. The normalized spacial score (nSPS) is 20.4. The molecule has 1 amide bonds. The number of piperidine rings is 1. The lowest BCUT2D eigenvalue weighted by molar-refractivity contribution is 0.102. The van der Waals surface area contributed by atoms with Crippen LogP contribution in [0, 0.1) is 11.6 Å². The topological polar surface area (TPSA) is 66.5 Å². The number of nitrogens with one attached hydrogen (secondary N) is 1. The second-order valence-electron chi connectivity index (χ2n) is 7.19. The standard InChI is InChI=1S/C20H21ClF2N2O3S/c1-12-4-3-5-13(2)25(12)29(27,28)15-8-6-14(7-9-15)24-20(26)16-10-18(22)19(23)11-17(16)21/h6-13H,3-5H2,1-2H3,(H,24,26). The van der Waals surface area contributed by atoms with Gasteiger partial charge in [0.15, 0.2) is 11.6 Å². The van der Waals surface area contributed by atoms with E-state index in [1.54, 1.807) is 0 Å². The number of benzene rings is 2. The summed E-state index contributed by atoms with van der Waals surface area (Å²) in [5.41, 5.74) is 0.0766. The quantitative estimate of drug-likeness (QED) is 0.690. The van der Waals surface area contributed by atoms with E-state index in [4.69, 9.17) is 11.6 Å². The van der Waals surface area contributed by atoms with Crippen LogP contribution in [0.2, 0.25) is 5.02 Å². The highest BCUT2D eigenvalue weighted by atomic mass is 35.5. The maximum absolute atomic E-state index is 13.4. The zero-order chi connectivity index (χ0) is 21.3. The van der Waals surface area contributed by atoms with Crippen molar-refractivity contribution < 1.29 is 22.0 Å². The highest BCUT2D eigenvalue weighted by Crippen LogP contribution is 2.30. The van der Waals surface area contributed by atoms with Gasteiger partial charge in [-0.05, 0) is 63.1 Å². The smallest absolute Gasteiger partial charge is 0.257 e. The van der Waals surface area contributed by atoms with Crippen LogP contribution in [0.15, 0.2) is 41.3 Å². The second-order valence-corrected chi connectivity index (χ2v) is 9.44. The Kier molecular flexibility index (Phi) is 6.26. The van der Waals surface area contributed by atoms with Crippen LogP contribution in [0.5, 0.6) is 0 Å². The Morgan fingerprint density at radius 1 is 1.07 bits per heavy atom. The van der Waals surface area contributed by atoms with Gasteiger partial charge in [0.2, 0.25) is 10.0 Å². The van der Waals surface area contributed by atoms with Crippen LogP contribution in [-0.4, -0.2) is 30.7 Å². The molecule has 1 aliphatic heterocycles. The number of amides is 1. The molecular formula is C20H21ClF2N2O3S. The molecule has 1 aliphatic rings. The molecule has 3 rings (SSSR count). The summed E-state index contributed by atoms with van der Waals surface area (Å²) in [5.74, 6) is -3.07. The third-order valence-corrected chi connectivity index (χ3v) is 7.51. The fourth-order valence-corrected chi connectivity index (χ4v) is 5.72. The van der Waals surface area contributed by atoms with E-state index in [1.807, 2.05) is 13.8 Å². The number of carbonyl (C=O) groups excluding carboxylic acids is 1. The van der Waals surface area contributed by atoms with E-state index in [0.717, 1.165) is 25.3 Å². The molecule has 1 N–H and O–H groups in total. The van der Waals surface area contributed by atoms with Gasteiger partial charge in [0, 0.05) is 17.8 Å². The van der Waals surface area contributed by atoms with Crippen molar-refractivity contribution >= 4 is 33.2 Å². The number of rotatable bonds is 4. The SMILES string of the molecule is CC1CCCC(C)N1S(=O)(=O)c1ccc(NC(=O)c2cc(F)c(F)cc2Cl)cc1. The average molecular weight is 443 g/mol. The van der Waals surface area contributed by atoms with Crippen LogP contribution in [0.3, 0.4) is 0 Å². The van der Waals surface area contributed by atoms with Crippen molar-refractivity contribution in [2.24, 2.45) is 0 Å². The summed E-state index contributed by atoms with van der Waals surface area (Å²) < 4.78 is 54.1. The molecule has 2 aromatic rings. The van der Waals surface area contributed by atoms with Crippen molar-refractivity contribution in [2.75, 3.05) is 5.32 Å². The first kappa shape index (κ1) is 21.7. The summed E-state index contributed by atoms with van der Waals surface area (Å²) in [5, 5.41) is 2.27. The molecule has 2 unspecified atom stereocenters. The molecular weight excluding hydrogens is 422 g/mol. The molecule has 0 bridgehead atoms. The first-order valence-corrected chi connectivity index (χ1v) is 11.0. The molecule has 29 heavy (non-hydrogen) atoms. The number of carbonyl (C=O) groups is 1. The summed E-state index contributed by atoms with van der Waals surface area (Å²) in [4.78, 5) is 12.4. The van der Waals surface area contributed by atoms with Crippen molar-refractivity contribution in [2.45, 2.75) is 50.1 Å². The Labute approximate surface area is 173 Å². The first-order valence-electron chi connectivity index (χ1n) is 9.20. The fraction of sp³-hybridized carbons (Fsp3) is 0.350. The van der Waals surface area contributed by atoms with Crippen LogP contribution in [0.25, 0.3) is 0 Å². The fourth-order valence-electron chi connectivity index (χ4n) is 3.60. The summed E-state index contributed by atoms with van der Waals surface area (Å²) in [6, 6.07) is 6.97. The Morgan fingerprint density at radius 2 is 1.62 bits per heavy atom. The maximum Gasteiger partial charge on any atom is 0.257 e. The summed E-state index contributed by atoms with van der Waals surface area (Å²) in [7, 11) is -3.67. The third-order valence-electron chi connectivity index (χ3n) is 5.05. The van der Waals surface area contributed by atoms with E-state index >= 15 is 0 Å². The van der Waals surface area contributed by atoms with Crippen molar-refractivity contribution in [1.82, 2.24) is 4.31 Å². The van der Waals surface area contributed by atoms with Crippen LogP contribution in [0.1, 0.15) is 43.5 Å². The van der Waals surface area contributed by atoms with E-state index in [1.165, 1.54) is 28.6 Å². The Hall–Kier alpha value is -2.03. The molecule has 0 spiro atoms. The van der Waals surface area contributed by atoms with Crippen molar-refractivity contribution in [3.8, 4) is 0 Å². The predicted molar refractivity (Wildman–Crippen MR) is 108 cm³/mol. The predicted octanol–water partition coefficient (Wildman–Crippen LogP) is 4.82. The Bertz CT molecular complexity index is 1020. The summed E-state index contributed by atoms with van der Waals surface area (Å²) in [6.07, 6.45) is 2.62. The summed E-state index contributed by atoms with van der Waals surface area (Å²) >= 11 is 5.81. The zero-order valence-corrected chi connectivity index (χ0v) is 17.5. The minimum Gasteiger partial charge on any atom is -0.322 e. The number of sulfonamides is 1. The van der Waals surface area contributed by atoms with Gasteiger partial charge in [-0.15, -0.1) is 0 Å². The molecule has 2 aromatic carbocycles. The van der Waals surface area contributed by atoms with Gasteiger partial charge in [0.05, 0.1) is 15.5 Å². The van der Waals surface area contributed by atoms with Crippen LogP contribution >= 0.6 is 11.6 Å². The van der Waals surface area contributed by atoms with Gasteiger partial charge >= 0.3 is 0 Å². The molecule has 0 saturated carbocycles. The number of hydrogen-bond acceptors (Lipinski definition) is 3. The van der Waals surface area contributed by atoms with Gasteiger partial charge in [-0.1, -0.05) is 18.0 Å². The van der Waals surface area contributed by atoms with E-state index in [-0.39, 0.29) is 27.6 Å². The minimum atomic E-state index is -3.67. The lowest BCUT2D eigenvalue weighted by Crippen LogP contribution is -2.47. The van der Waals surface area contributed by atoms with Crippen molar-refractivity contribution in [3.05, 3.63) is 58.6 Å². The largest absolute Gasteiger partial charge is 0.322 e. The Balaban J connectivity index is 1.80. The van der Waals surface area contributed by atoms with Gasteiger partial charge in [0.1, 0.15) is 0 Å². The molecule has 1 fully saturated rings. The number of halogens is 3. The molecule has 2 atom stereocenters. The highest BCUT2D eigenvalue weighted by Gasteiger charge is 2.35. The van der Waals surface area contributed by atoms with E-state index in [0.29, 0.717) is 11.8 Å². The van der Waals surface area contributed by atoms with Crippen molar-refractivity contribution in [1.29, 1.82) is 0 Å². The number of nitrogens with zero attached hydrogens (tertiary/aromatic N) is 1. The lowest BCUT2D eigenvalue weighted by Gasteiger charge is -2.37. The molecule has 1 heterocycles. The van der Waals surface area contributed by atoms with Crippen LogP contribution in [-0.2, 0) is 10.0 Å². The number of anilines is 1. The van der Waals surface area contributed by atoms with Gasteiger partial charge < -0.3 is 5.32 Å². The van der Waals surface area contributed by atoms with Gasteiger partial charge in [-0.2, -0.15) is 4.31 Å². The molecule has 9 heteroatoms. The van der Waals surface area contributed by atoms with Gasteiger partial charge in [-0.3, -0.25) is 4.79 Å². The molecule has 1 saturated heterocycles. The highest BCUT2D eigenvalue weighted by molar-refractivity contribution is 7.89. The lowest BCUT2D eigenvalue weighted by atomic mass is 10.0. The average Bonchev–Trinajstić information content (AvgIpc) is 2.64. The minimum absolute atomic E-state index is 0.0846. The maximum atomic E-state index is 13.4. The zero-order valence-electron chi connectivity index (χ0n) is 16.0. The van der Waals surface area contributed by atoms with E-state index in [9.17, 15) is 22.0 Å². The van der Waals surface area contributed by atoms with Crippen molar-refractivity contribution in [3.63, 3.8) is 0 Å². The molecule has 0 radical (unpaired) electrons. The monoisotopic (exact) mass is 442 g/mol. The molecule has 0 aromatic heterocycles. The van der Waals surface area contributed by atoms with E-state index < -0.39 is 27.6 Å². The van der Waals surface area contributed by atoms with Gasteiger partial charge in [-0.25, -0.2) is 17.2 Å². The van der Waals surface area contributed by atoms with Crippen LogP contribution < -0.4 is 5.32 Å².